The third-order valence-electron chi connectivity index (χ3n) is 2.89. The second kappa shape index (κ2) is 3.87. The van der Waals surface area contributed by atoms with Crippen molar-refractivity contribution in [2.45, 2.75) is 6.42 Å². The van der Waals surface area contributed by atoms with Gasteiger partial charge in [-0.2, -0.15) is 0 Å². The Labute approximate surface area is 103 Å². The zero-order chi connectivity index (χ0) is 11.0. The Morgan fingerprint density at radius 3 is 2.62 bits per heavy atom. The van der Waals surface area contributed by atoms with Crippen LogP contribution in [-0.4, -0.2) is 4.98 Å². The third-order valence-corrected chi connectivity index (χ3v) is 3.59. The van der Waals surface area contributed by atoms with Gasteiger partial charge in [-0.3, -0.25) is 4.98 Å². The number of halogens is 1. The molecule has 78 valence electrons. The van der Waals surface area contributed by atoms with Crippen LogP contribution in [-0.2, 0) is 6.42 Å². The Bertz CT molecular complexity index is 558. The summed E-state index contributed by atoms with van der Waals surface area (Å²) in [6.07, 6.45) is 6.95. The quantitative estimate of drug-likeness (QED) is 0.766. The highest BCUT2D eigenvalue weighted by molar-refractivity contribution is 9.10. The Hall–Kier alpha value is -1.41. The molecule has 1 heterocycles. The maximum Gasteiger partial charge on any atom is 0.0273 e. The van der Waals surface area contributed by atoms with Gasteiger partial charge in [0.2, 0.25) is 0 Å². The molecule has 3 rings (SSSR count). The summed E-state index contributed by atoms with van der Waals surface area (Å²) in [6, 6.07) is 10.5. The maximum absolute atomic E-state index is 4.05. The SMILES string of the molecule is Brc1cccc2c1C=C(c1ccncc1)C2. The summed E-state index contributed by atoms with van der Waals surface area (Å²) in [5, 5.41) is 0. The number of nitrogens with zero attached hydrogens (tertiary/aromatic N) is 1. The van der Waals surface area contributed by atoms with Crippen LogP contribution < -0.4 is 0 Å². The van der Waals surface area contributed by atoms with E-state index in [1.165, 1.54) is 26.7 Å². The van der Waals surface area contributed by atoms with Crippen LogP contribution in [0.2, 0.25) is 0 Å². The second-order valence-electron chi connectivity index (χ2n) is 3.89. The summed E-state index contributed by atoms with van der Waals surface area (Å²) in [4.78, 5) is 4.05. The highest BCUT2D eigenvalue weighted by Gasteiger charge is 2.15. The lowest BCUT2D eigenvalue weighted by molar-refractivity contribution is 1.28. The molecule has 0 unspecified atom stereocenters. The number of pyridine rings is 1. The van der Waals surface area contributed by atoms with Gasteiger partial charge in [0.25, 0.3) is 0 Å². The van der Waals surface area contributed by atoms with Crippen molar-refractivity contribution in [1.82, 2.24) is 4.98 Å². The van der Waals surface area contributed by atoms with Crippen molar-refractivity contribution >= 4 is 27.6 Å². The Morgan fingerprint density at radius 2 is 1.88 bits per heavy atom. The number of fused-ring (bicyclic) bond motifs is 1. The summed E-state index contributed by atoms with van der Waals surface area (Å²) in [7, 11) is 0. The predicted octanol–water partition coefficient (Wildman–Crippen LogP) is 3.94. The molecule has 0 saturated carbocycles. The topological polar surface area (TPSA) is 12.9 Å². The van der Waals surface area contributed by atoms with Crippen LogP contribution in [0.25, 0.3) is 11.6 Å². The molecule has 0 saturated heterocycles. The molecule has 0 bridgehead atoms. The Kier molecular flexibility index (Phi) is 2.37. The largest absolute Gasteiger partial charge is 0.265 e. The van der Waals surface area contributed by atoms with Gasteiger partial charge >= 0.3 is 0 Å². The van der Waals surface area contributed by atoms with Gasteiger partial charge in [-0.15, -0.1) is 0 Å². The molecule has 0 amide bonds. The van der Waals surface area contributed by atoms with Gasteiger partial charge in [-0.25, -0.2) is 0 Å². The summed E-state index contributed by atoms with van der Waals surface area (Å²) in [5.41, 5.74) is 5.33. The van der Waals surface area contributed by atoms with Crippen molar-refractivity contribution in [3.05, 3.63) is 63.9 Å². The normalized spacial score (nSPS) is 13.4. The van der Waals surface area contributed by atoms with Crippen molar-refractivity contribution in [3.63, 3.8) is 0 Å². The highest BCUT2D eigenvalue weighted by atomic mass is 79.9. The Morgan fingerprint density at radius 1 is 1.06 bits per heavy atom. The molecular formula is C14H10BrN. The lowest BCUT2D eigenvalue weighted by Crippen LogP contribution is -1.85. The number of hydrogen-bond acceptors (Lipinski definition) is 1. The monoisotopic (exact) mass is 271 g/mol. The first-order valence-corrected chi connectivity index (χ1v) is 6.02. The van der Waals surface area contributed by atoms with Crippen molar-refractivity contribution < 1.29 is 0 Å². The van der Waals surface area contributed by atoms with E-state index in [-0.39, 0.29) is 0 Å². The van der Waals surface area contributed by atoms with Gasteiger partial charge < -0.3 is 0 Å². The van der Waals surface area contributed by atoms with E-state index in [2.05, 4.69) is 57.3 Å². The molecule has 1 aromatic heterocycles. The van der Waals surface area contributed by atoms with E-state index >= 15 is 0 Å². The van der Waals surface area contributed by atoms with Crippen LogP contribution in [0.4, 0.5) is 0 Å². The predicted molar refractivity (Wildman–Crippen MR) is 70.0 cm³/mol. The van der Waals surface area contributed by atoms with Crippen molar-refractivity contribution in [2.75, 3.05) is 0 Å². The fourth-order valence-corrected chi connectivity index (χ4v) is 2.60. The molecule has 1 aliphatic carbocycles. The first-order chi connectivity index (χ1) is 7.84. The van der Waals surface area contributed by atoms with E-state index < -0.39 is 0 Å². The fraction of sp³-hybridized carbons (Fsp3) is 0.0714. The summed E-state index contributed by atoms with van der Waals surface area (Å²) < 4.78 is 1.18. The third kappa shape index (κ3) is 1.59. The van der Waals surface area contributed by atoms with Gasteiger partial charge in [0.1, 0.15) is 0 Å². The van der Waals surface area contributed by atoms with Crippen molar-refractivity contribution in [1.29, 1.82) is 0 Å². The van der Waals surface area contributed by atoms with Gasteiger partial charge in [-0.1, -0.05) is 28.1 Å². The maximum atomic E-state index is 4.05. The number of hydrogen-bond donors (Lipinski definition) is 0. The summed E-state index contributed by atoms with van der Waals surface area (Å²) in [5.74, 6) is 0. The number of allylic oxidation sites excluding steroid dienone is 1. The van der Waals surface area contributed by atoms with Crippen LogP contribution in [0, 0.1) is 0 Å². The molecule has 1 aromatic carbocycles. The first-order valence-electron chi connectivity index (χ1n) is 5.23. The van der Waals surface area contributed by atoms with Crippen LogP contribution in [0.1, 0.15) is 16.7 Å². The zero-order valence-corrected chi connectivity index (χ0v) is 10.2. The van der Waals surface area contributed by atoms with E-state index in [1.807, 2.05) is 12.4 Å². The highest BCUT2D eigenvalue weighted by Crippen LogP contribution is 2.35. The first kappa shape index (κ1) is 9.79. The zero-order valence-electron chi connectivity index (χ0n) is 8.65. The van der Waals surface area contributed by atoms with Crippen LogP contribution in [0.15, 0.2) is 47.2 Å². The van der Waals surface area contributed by atoms with E-state index in [0.717, 1.165) is 6.42 Å². The minimum absolute atomic E-state index is 1.01. The molecule has 0 atom stereocenters. The standard InChI is InChI=1S/C14H10BrN/c15-14-3-1-2-11-8-12(9-13(11)14)10-4-6-16-7-5-10/h1-7,9H,8H2. The van der Waals surface area contributed by atoms with Gasteiger partial charge in [0, 0.05) is 16.9 Å². The minimum Gasteiger partial charge on any atom is -0.265 e. The lowest BCUT2D eigenvalue weighted by Gasteiger charge is -2.01. The second-order valence-corrected chi connectivity index (χ2v) is 4.75. The van der Waals surface area contributed by atoms with E-state index in [4.69, 9.17) is 0 Å². The summed E-state index contributed by atoms with van der Waals surface area (Å²) in [6.45, 7) is 0. The molecule has 1 nitrogen and oxygen atoms in total. The Balaban J connectivity index is 2.06. The number of rotatable bonds is 1. The molecule has 0 fully saturated rings. The number of aromatic nitrogens is 1. The molecule has 1 aliphatic rings. The molecular weight excluding hydrogens is 262 g/mol. The molecule has 0 spiro atoms. The molecule has 0 aliphatic heterocycles. The smallest absolute Gasteiger partial charge is 0.0273 e. The molecule has 2 heteroatoms. The number of benzene rings is 1. The van der Waals surface area contributed by atoms with Gasteiger partial charge in [0.15, 0.2) is 0 Å². The average Bonchev–Trinajstić information content (AvgIpc) is 2.76. The molecule has 16 heavy (non-hydrogen) atoms. The molecule has 0 N–H and O–H groups in total. The average molecular weight is 272 g/mol. The summed E-state index contributed by atoms with van der Waals surface area (Å²) >= 11 is 3.59. The fourth-order valence-electron chi connectivity index (χ4n) is 2.08. The van der Waals surface area contributed by atoms with E-state index in [9.17, 15) is 0 Å². The van der Waals surface area contributed by atoms with Crippen molar-refractivity contribution in [3.8, 4) is 0 Å². The van der Waals surface area contributed by atoms with Gasteiger partial charge in [-0.05, 0) is 53.0 Å². The molecule has 2 aromatic rings. The van der Waals surface area contributed by atoms with Crippen LogP contribution in [0.3, 0.4) is 0 Å². The molecule has 0 radical (unpaired) electrons. The van der Waals surface area contributed by atoms with E-state index in [0.29, 0.717) is 0 Å². The minimum atomic E-state index is 1.01. The van der Waals surface area contributed by atoms with Crippen molar-refractivity contribution in [2.24, 2.45) is 0 Å². The van der Waals surface area contributed by atoms with Gasteiger partial charge in [0.05, 0.1) is 0 Å². The lowest BCUT2D eigenvalue weighted by atomic mass is 10.1. The van der Waals surface area contributed by atoms with Crippen LogP contribution >= 0.6 is 15.9 Å². The van der Waals surface area contributed by atoms with Crippen LogP contribution in [0.5, 0.6) is 0 Å². The van der Waals surface area contributed by atoms with E-state index in [1.54, 1.807) is 0 Å².